The SMILES string of the molecule is COc1ccc(C(=O)NC(CCSC)c2nnc3ccccn23)cc1S(=O)(=O)NC(C)C. The third-order valence-corrected chi connectivity index (χ3v) is 7.00. The first-order valence-electron chi connectivity index (χ1n) is 10.1. The molecular weight excluding hydrogens is 450 g/mol. The van der Waals surface area contributed by atoms with Crippen molar-refractivity contribution in [3.05, 3.63) is 54.0 Å². The Bertz CT molecular complexity index is 1190. The van der Waals surface area contributed by atoms with Crippen molar-refractivity contribution in [3.8, 4) is 5.75 Å². The number of hydrogen-bond acceptors (Lipinski definition) is 7. The number of benzene rings is 1. The van der Waals surface area contributed by atoms with E-state index in [2.05, 4.69) is 20.2 Å². The Morgan fingerprint density at radius 3 is 2.69 bits per heavy atom. The summed E-state index contributed by atoms with van der Waals surface area (Å²) >= 11 is 1.66. The van der Waals surface area contributed by atoms with Crippen molar-refractivity contribution in [1.82, 2.24) is 24.6 Å². The molecule has 0 aliphatic heterocycles. The average molecular weight is 478 g/mol. The molecule has 9 nitrogen and oxygen atoms in total. The number of nitrogens with one attached hydrogen (secondary N) is 2. The van der Waals surface area contributed by atoms with Crippen LogP contribution in [0.25, 0.3) is 5.65 Å². The number of carbonyl (C=O) groups excluding carboxylic acids is 1. The van der Waals surface area contributed by atoms with Gasteiger partial charge in [0.1, 0.15) is 10.6 Å². The third-order valence-electron chi connectivity index (χ3n) is 4.67. The van der Waals surface area contributed by atoms with Crippen LogP contribution in [-0.2, 0) is 10.0 Å². The fourth-order valence-corrected chi connectivity index (χ4v) is 5.16. The van der Waals surface area contributed by atoms with Crippen LogP contribution in [0.15, 0.2) is 47.5 Å². The first kappa shape index (κ1) is 24.0. The molecule has 3 rings (SSSR count). The van der Waals surface area contributed by atoms with Crippen LogP contribution in [0.4, 0.5) is 0 Å². The van der Waals surface area contributed by atoms with Gasteiger partial charge in [0, 0.05) is 17.8 Å². The number of hydrogen-bond donors (Lipinski definition) is 2. The molecule has 0 aliphatic carbocycles. The smallest absolute Gasteiger partial charge is 0.251 e. The van der Waals surface area contributed by atoms with E-state index in [4.69, 9.17) is 4.74 Å². The number of pyridine rings is 1. The molecule has 1 atom stereocenters. The van der Waals surface area contributed by atoms with E-state index in [1.807, 2.05) is 35.1 Å². The maximum Gasteiger partial charge on any atom is 0.251 e. The Hall–Kier alpha value is -2.63. The van der Waals surface area contributed by atoms with Gasteiger partial charge in [0.25, 0.3) is 5.91 Å². The lowest BCUT2D eigenvalue weighted by molar-refractivity contribution is 0.0933. The van der Waals surface area contributed by atoms with E-state index in [1.54, 1.807) is 25.6 Å². The van der Waals surface area contributed by atoms with E-state index in [0.717, 1.165) is 5.75 Å². The van der Waals surface area contributed by atoms with E-state index >= 15 is 0 Å². The van der Waals surface area contributed by atoms with Crippen molar-refractivity contribution in [2.45, 2.75) is 37.2 Å². The average Bonchev–Trinajstić information content (AvgIpc) is 3.19. The largest absolute Gasteiger partial charge is 0.495 e. The summed E-state index contributed by atoms with van der Waals surface area (Å²) in [6.07, 6.45) is 4.47. The molecule has 2 heterocycles. The Morgan fingerprint density at radius 2 is 2.00 bits per heavy atom. The lowest BCUT2D eigenvalue weighted by atomic mass is 10.1. The van der Waals surface area contributed by atoms with Crippen LogP contribution < -0.4 is 14.8 Å². The van der Waals surface area contributed by atoms with E-state index in [1.165, 1.54) is 25.3 Å². The number of sulfonamides is 1. The summed E-state index contributed by atoms with van der Waals surface area (Å²) in [7, 11) is -2.47. The zero-order chi connectivity index (χ0) is 23.3. The number of ether oxygens (including phenoxy) is 1. The maximum absolute atomic E-state index is 13.1. The lowest BCUT2D eigenvalue weighted by Crippen LogP contribution is -2.32. The Labute approximate surface area is 192 Å². The van der Waals surface area contributed by atoms with Gasteiger partial charge in [-0.1, -0.05) is 6.07 Å². The van der Waals surface area contributed by atoms with Crippen LogP contribution in [-0.4, -0.2) is 54.1 Å². The maximum atomic E-state index is 13.1. The number of fused-ring (bicyclic) bond motifs is 1. The van der Waals surface area contributed by atoms with Gasteiger partial charge in [-0.05, 0) is 62.6 Å². The predicted octanol–water partition coefficient (Wildman–Crippen LogP) is 2.65. The van der Waals surface area contributed by atoms with Gasteiger partial charge in [-0.25, -0.2) is 13.1 Å². The van der Waals surface area contributed by atoms with Gasteiger partial charge >= 0.3 is 0 Å². The molecule has 11 heteroatoms. The zero-order valence-corrected chi connectivity index (χ0v) is 20.0. The van der Waals surface area contributed by atoms with Crippen LogP contribution in [0.1, 0.15) is 42.5 Å². The lowest BCUT2D eigenvalue weighted by Gasteiger charge is -2.18. The van der Waals surface area contributed by atoms with Crippen LogP contribution in [0.5, 0.6) is 5.75 Å². The fraction of sp³-hybridized carbons (Fsp3) is 0.381. The Balaban J connectivity index is 1.93. The van der Waals surface area contributed by atoms with Gasteiger partial charge in [-0.2, -0.15) is 11.8 Å². The van der Waals surface area contributed by atoms with Crippen molar-refractivity contribution in [3.63, 3.8) is 0 Å². The molecule has 0 fully saturated rings. The summed E-state index contributed by atoms with van der Waals surface area (Å²) in [4.78, 5) is 13.0. The minimum atomic E-state index is -3.86. The van der Waals surface area contributed by atoms with Crippen LogP contribution in [0.2, 0.25) is 0 Å². The standard InChI is InChI=1S/C21H27N5O4S2/c1-14(2)25-32(28,29)18-13-15(8-9-17(18)30-3)21(27)22-16(10-12-31-4)20-24-23-19-7-5-6-11-26(19)20/h5-9,11,13-14,16,25H,10,12H2,1-4H3,(H,22,27). The molecule has 0 saturated heterocycles. The number of nitrogens with zero attached hydrogens (tertiary/aromatic N) is 3. The summed E-state index contributed by atoms with van der Waals surface area (Å²) in [5, 5.41) is 11.4. The van der Waals surface area contributed by atoms with Crippen molar-refractivity contribution < 1.29 is 17.9 Å². The van der Waals surface area contributed by atoms with Gasteiger partial charge in [0.15, 0.2) is 11.5 Å². The zero-order valence-electron chi connectivity index (χ0n) is 18.4. The first-order chi connectivity index (χ1) is 15.3. The van der Waals surface area contributed by atoms with Crippen molar-refractivity contribution in [2.24, 2.45) is 0 Å². The predicted molar refractivity (Wildman–Crippen MR) is 125 cm³/mol. The molecule has 2 aromatic heterocycles. The number of rotatable bonds is 10. The molecule has 1 aromatic carbocycles. The van der Waals surface area contributed by atoms with Gasteiger partial charge < -0.3 is 10.1 Å². The Morgan fingerprint density at radius 1 is 1.22 bits per heavy atom. The summed E-state index contributed by atoms with van der Waals surface area (Å²) in [5.41, 5.74) is 0.890. The van der Waals surface area contributed by atoms with Crippen molar-refractivity contribution in [2.75, 3.05) is 19.1 Å². The highest BCUT2D eigenvalue weighted by molar-refractivity contribution is 7.98. The summed E-state index contributed by atoms with van der Waals surface area (Å²) in [6.45, 7) is 3.44. The normalized spacial score (nSPS) is 12.8. The number of carbonyl (C=O) groups is 1. The van der Waals surface area contributed by atoms with Crippen molar-refractivity contribution in [1.29, 1.82) is 0 Å². The monoisotopic (exact) mass is 477 g/mol. The molecule has 2 N–H and O–H groups in total. The molecule has 1 amide bonds. The molecule has 0 spiro atoms. The molecule has 0 saturated carbocycles. The van der Waals surface area contributed by atoms with Crippen molar-refractivity contribution >= 4 is 33.3 Å². The van der Waals surface area contributed by atoms with Gasteiger partial charge in [-0.3, -0.25) is 9.20 Å². The van der Waals surface area contributed by atoms with Gasteiger partial charge in [0.05, 0.1) is 13.2 Å². The minimum Gasteiger partial charge on any atom is -0.495 e. The molecule has 1 unspecified atom stereocenters. The second-order valence-corrected chi connectivity index (χ2v) is 10.1. The minimum absolute atomic E-state index is 0.0880. The third kappa shape index (κ3) is 5.40. The van der Waals surface area contributed by atoms with Gasteiger partial charge in [0.2, 0.25) is 10.0 Å². The number of methoxy groups -OCH3 is 1. The first-order valence-corrected chi connectivity index (χ1v) is 12.9. The van der Waals surface area contributed by atoms with E-state index in [9.17, 15) is 13.2 Å². The summed E-state index contributed by atoms with van der Waals surface area (Å²) < 4.78 is 35.1. The number of thioether (sulfide) groups is 1. The highest BCUT2D eigenvalue weighted by atomic mass is 32.2. The highest BCUT2D eigenvalue weighted by Crippen LogP contribution is 2.26. The fourth-order valence-electron chi connectivity index (χ4n) is 3.24. The molecular formula is C21H27N5O4S2. The molecule has 0 bridgehead atoms. The summed E-state index contributed by atoms with van der Waals surface area (Å²) in [6, 6.07) is 9.22. The quantitative estimate of drug-likeness (QED) is 0.461. The second-order valence-electron chi connectivity index (χ2n) is 7.44. The summed E-state index contributed by atoms with van der Waals surface area (Å²) in [5.74, 6) is 1.17. The van der Waals surface area contributed by atoms with E-state index in [-0.39, 0.29) is 22.3 Å². The van der Waals surface area contributed by atoms with Gasteiger partial charge in [-0.15, -0.1) is 10.2 Å². The van der Waals surface area contributed by atoms with Crippen LogP contribution in [0.3, 0.4) is 0 Å². The topological polar surface area (TPSA) is 115 Å². The van der Waals surface area contributed by atoms with Crippen LogP contribution >= 0.6 is 11.8 Å². The highest BCUT2D eigenvalue weighted by Gasteiger charge is 2.25. The molecule has 0 radical (unpaired) electrons. The molecule has 3 aromatic rings. The van der Waals surface area contributed by atoms with E-state index in [0.29, 0.717) is 17.9 Å². The van der Waals surface area contributed by atoms with Crippen LogP contribution in [0, 0.1) is 0 Å². The number of aromatic nitrogens is 3. The Kier molecular flexibility index (Phi) is 7.75. The second kappa shape index (κ2) is 10.3. The molecule has 0 aliphatic rings. The number of amides is 1. The molecule has 172 valence electrons. The molecule has 32 heavy (non-hydrogen) atoms. The van der Waals surface area contributed by atoms with E-state index < -0.39 is 22.0 Å².